The first kappa shape index (κ1) is 15.8. The minimum Gasteiger partial charge on any atom is -0.493 e. The van der Waals surface area contributed by atoms with Crippen LogP contribution in [0.25, 0.3) is 0 Å². The number of hydrogen-bond acceptors (Lipinski definition) is 4. The molecule has 0 saturated heterocycles. The van der Waals surface area contributed by atoms with E-state index in [0.717, 1.165) is 12.2 Å². The summed E-state index contributed by atoms with van der Waals surface area (Å²) in [4.78, 5) is 22.2. The molecule has 0 aliphatic rings. The maximum Gasteiger partial charge on any atom is 0.328 e. The fraction of sp³-hybridized carbons (Fsp3) is 0.333. The number of methoxy groups -OCH3 is 1. The van der Waals surface area contributed by atoms with Crippen LogP contribution in [0, 0.1) is 5.92 Å². The van der Waals surface area contributed by atoms with Gasteiger partial charge in [-0.25, -0.2) is 4.79 Å². The van der Waals surface area contributed by atoms with Crippen molar-refractivity contribution in [1.29, 1.82) is 0 Å². The number of carbonyl (C=O) groups excluding carboxylic acids is 1. The van der Waals surface area contributed by atoms with Crippen LogP contribution in [0.3, 0.4) is 0 Å². The van der Waals surface area contributed by atoms with Crippen LogP contribution in [0.2, 0.25) is 0 Å². The molecule has 0 heterocycles. The lowest BCUT2D eigenvalue weighted by Crippen LogP contribution is -2.06. The highest BCUT2D eigenvalue weighted by Crippen LogP contribution is 2.28. The Labute approximate surface area is 117 Å². The van der Waals surface area contributed by atoms with Crippen molar-refractivity contribution in [3.8, 4) is 11.5 Å². The SMILES string of the molecule is COc1ccc(C(=O)C=CC(=O)O)cc1OCC(C)C. The molecular weight excluding hydrogens is 260 g/mol. The summed E-state index contributed by atoms with van der Waals surface area (Å²) < 4.78 is 10.8. The van der Waals surface area contributed by atoms with Gasteiger partial charge in [0.1, 0.15) is 0 Å². The Balaban J connectivity index is 2.96. The lowest BCUT2D eigenvalue weighted by atomic mass is 10.1. The summed E-state index contributed by atoms with van der Waals surface area (Å²) >= 11 is 0. The number of ether oxygens (including phenoxy) is 2. The third-order valence-corrected chi connectivity index (χ3v) is 2.40. The molecule has 0 fully saturated rings. The molecule has 0 atom stereocenters. The Morgan fingerprint density at radius 1 is 1.25 bits per heavy atom. The minimum atomic E-state index is -1.16. The zero-order valence-corrected chi connectivity index (χ0v) is 11.8. The molecule has 0 amide bonds. The Bertz CT molecular complexity index is 517. The van der Waals surface area contributed by atoms with E-state index >= 15 is 0 Å². The number of aliphatic carboxylic acids is 1. The maximum absolute atomic E-state index is 11.8. The molecule has 20 heavy (non-hydrogen) atoms. The summed E-state index contributed by atoms with van der Waals surface area (Å²) in [5.41, 5.74) is 0.349. The molecule has 0 bridgehead atoms. The van der Waals surface area contributed by atoms with Crippen LogP contribution in [0.4, 0.5) is 0 Å². The van der Waals surface area contributed by atoms with Gasteiger partial charge in [-0.3, -0.25) is 4.79 Å². The van der Waals surface area contributed by atoms with Gasteiger partial charge in [-0.2, -0.15) is 0 Å². The Kier molecular flexibility index (Phi) is 5.77. The van der Waals surface area contributed by atoms with Gasteiger partial charge in [0.25, 0.3) is 0 Å². The van der Waals surface area contributed by atoms with Gasteiger partial charge in [-0.15, -0.1) is 0 Å². The number of allylic oxidation sites excluding steroid dienone is 1. The molecule has 1 N–H and O–H groups in total. The van der Waals surface area contributed by atoms with E-state index in [2.05, 4.69) is 0 Å². The second-order valence-electron chi connectivity index (χ2n) is 4.61. The quantitative estimate of drug-likeness (QED) is 0.613. The predicted octanol–water partition coefficient (Wildman–Crippen LogP) is 2.55. The largest absolute Gasteiger partial charge is 0.493 e. The first-order valence-electron chi connectivity index (χ1n) is 6.20. The molecule has 0 aliphatic heterocycles. The summed E-state index contributed by atoms with van der Waals surface area (Å²) in [5, 5.41) is 8.51. The monoisotopic (exact) mass is 278 g/mol. The summed E-state index contributed by atoms with van der Waals surface area (Å²) in [7, 11) is 1.52. The zero-order valence-electron chi connectivity index (χ0n) is 11.8. The van der Waals surface area contributed by atoms with Crippen LogP contribution in [-0.4, -0.2) is 30.6 Å². The Morgan fingerprint density at radius 3 is 2.50 bits per heavy atom. The van der Waals surface area contributed by atoms with Gasteiger partial charge in [-0.05, 0) is 30.2 Å². The van der Waals surface area contributed by atoms with Crippen molar-refractivity contribution in [2.24, 2.45) is 5.92 Å². The van der Waals surface area contributed by atoms with Gasteiger partial charge in [0, 0.05) is 11.6 Å². The Morgan fingerprint density at radius 2 is 1.95 bits per heavy atom. The van der Waals surface area contributed by atoms with Gasteiger partial charge >= 0.3 is 5.97 Å². The molecular formula is C15H18O5. The minimum absolute atomic E-state index is 0.339. The molecule has 0 unspecified atom stereocenters. The van der Waals surface area contributed by atoms with Crippen LogP contribution in [0.15, 0.2) is 30.4 Å². The first-order chi connectivity index (χ1) is 9.43. The van der Waals surface area contributed by atoms with Crippen molar-refractivity contribution >= 4 is 11.8 Å². The fourth-order valence-corrected chi connectivity index (χ4v) is 1.44. The first-order valence-corrected chi connectivity index (χ1v) is 6.20. The van der Waals surface area contributed by atoms with E-state index in [0.29, 0.717) is 29.6 Å². The van der Waals surface area contributed by atoms with E-state index in [9.17, 15) is 9.59 Å². The van der Waals surface area contributed by atoms with Crippen molar-refractivity contribution in [3.63, 3.8) is 0 Å². The van der Waals surface area contributed by atoms with E-state index in [-0.39, 0.29) is 0 Å². The normalized spacial score (nSPS) is 10.8. The van der Waals surface area contributed by atoms with Gasteiger partial charge < -0.3 is 14.6 Å². The van der Waals surface area contributed by atoms with Gasteiger partial charge in [0.2, 0.25) is 0 Å². The van der Waals surface area contributed by atoms with E-state index in [4.69, 9.17) is 14.6 Å². The summed E-state index contributed by atoms with van der Waals surface area (Å²) in [6, 6.07) is 4.74. The molecule has 0 aliphatic carbocycles. The lowest BCUT2D eigenvalue weighted by Gasteiger charge is -2.13. The van der Waals surface area contributed by atoms with Gasteiger partial charge in [-0.1, -0.05) is 13.8 Å². The van der Waals surface area contributed by atoms with Crippen molar-refractivity contribution in [2.75, 3.05) is 13.7 Å². The highest BCUT2D eigenvalue weighted by Gasteiger charge is 2.10. The topological polar surface area (TPSA) is 72.8 Å². The van der Waals surface area contributed by atoms with Crippen LogP contribution in [0.5, 0.6) is 11.5 Å². The number of hydrogen-bond donors (Lipinski definition) is 1. The van der Waals surface area contributed by atoms with E-state index in [1.165, 1.54) is 7.11 Å². The van der Waals surface area contributed by atoms with E-state index in [1.54, 1.807) is 18.2 Å². The molecule has 0 aromatic heterocycles. The standard InChI is InChI=1S/C15H18O5/c1-10(2)9-20-14-8-11(4-6-13(14)19-3)12(16)5-7-15(17)18/h4-8,10H,9H2,1-3H3,(H,17,18). The number of rotatable bonds is 7. The van der Waals surface area contributed by atoms with Gasteiger partial charge in [0.05, 0.1) is 13.7 Å². The average Bonchev–Trinajstić information content (AvgIpc) is 2.41. The highest BCUT2D eigenvalue weighted by atomic mass is 16.5. The number of ketones is 1. The molecule has 1 rings (SSSR count). The zero-order chi connectivity index (χ0) is 15.1. The lowest BCUT2D eigenvalue weighted by molar-refractivity contribution is -0.131. The summed E-state index contributed by atoms with van der Waals surface area (Å²) in [5.74, 6) is -0.223. The molecule has 0 spiro atoms. The average molecular weight is 278 g/mol. The molecule has 5 heteroatoms. The Hall–Kier alpha value is -2.30. The van der Waals surface area contributed by atoms with Crippen molar-refractivity contribution in [3.05, 3.63) is 35.9 Å². The number of carbonyl (C=O) groups is 2. The van der Waals surface area contributed by atoms with Crippen molar-refractivity contribution < 1.29 is 24.2 Å². The predicted molar refractivity (Wildman–Crippen MR) is 74.4 cm³/mol. The highest BCUT2D eigenvalue weighted by molar-refractivity contribution is 6.07. The summed E-state index contributed by atoms with van der Waals surface area (Å²) in [6.45, 7) is 4.52. The second-order valence-corrected chi connectivity index (χ2v) is 4.61. The maximum atomic E-state index is 11.8. The molecule has 1 aromatic carbocycles. The third kappa shape index (κ3) is 4.76. The second kappa shape index (κ2) is 7.33. The molecule has 5 nitrogen and oxygen atoms in total. The van der Waals surface area contributed by atoms with Crippen LogP contribution < -0.4 is 9.47 Å². The number of carboxylic acids is 1. The number of carboxylic acid groups (broad SMARTS) is 1. The smallest absolute Gasteiger partial charge is 0.328 e. The van der Waals surface area contributed by atoms with E-state index < -0.39 is 11.8 Å². The van der Waals surface area contributed by atoms with Crippen LogP contribution in [-0.2, 0) is 4.79 Å². The summed E-state index contributed by atoms with van der Waals surface area (Å²) in [6.07, 6.45) is 1.82. The fourth-order valence-electron chi connectivity index (χ4n) is 1.44. The third-order valence-electron chi connectivity index (χ3n) is 2.40. The van der Waals surface area contributed by atoms with Crippen LogP contribution in [0.1, 0.15) is 24.2 Å². The van der Waals surface area contributed by atoms with Crippen molar-refractivity contribution in [2.45, 2.75) is 13.8 Å². The molecule has 0 saturated carbocycles. The molecule has 1 aromatic rings. The van der Waals surface area contributed by atoms with Crippen molar-refractivity contribution in [1.82, 2.24) is 0 Å². The van der Waals surface area contributed by atoms with E-state index in [1.807, 2.05) is 13.8 Å². The molecule has 0 radical (unpaired) electrons. The van der Waals surface area contributed by atoms with Gasteiger partial charge in [0.15, 0.2) is 17.3 Å². The number of benzene rings is 1. The van der Waals surface area contributed by atoms with Crippen LogP contribution >= 0.6 is 0 Å². The molecule has 108 valence electrons.